The van der Waals surface area contributed by atoms with Gasteiger partial charge in [0.05, 0.1) is 6.61 Å². The fourth-order valence-corrected chi connectivity index (χ4v) is 1.52. The quantitative estimate of drug-likeness (QED) is 0.532. The first-order valence-electron chi connectivity index (χ1n) is 6.04. The van der Waals surface area contributed by atoms with Gasteiger partial charge in [-0.3, -0.25) is 9.59 Å². The van der Waals surface area contributed by atoms with Crippen LogP contribution in [0.1, 0.15) is 53.9 Å². The molecule has 0 fully saturated rings. The van der Waals surface area contributed by atoms with E-state index >= 15 is 0 Å². The molecule has 0 aliphatic heterocycles. The molecule has 4 nitrogen and oxygen atoms in total. The Balaban J connectivity index is 3.93. The molecule has 100 valence electrons. The largest absolute Gasteiger partial charge is 0.466 e. The van der Waals surface area contributed by atoms with Crippen LogP contribution in [0.4, 0.5) is 0 Å². The predicted molar refractivity (Wildman–Crippen MR) is 65.5 cm³/mol. The zero-order chi connectivity index (χ0) is 13.5. The fraction of sp³-hybridized carbons (Fsp3) is 0.846. The van der Waals surface area contributed by atoms with Crippen molar-refractivity contribution < 1.29 is 19.1 Å². The van der Waals surface area contributed by atoms with Crippen LogP contribution in [0, 0.1) is 5.41 Å². The molecule has 0 radical (unpaired) electrons. The van der Waals surface area contributed by atoms with E-state index in [0.717, 1.165) is 19.3 Å². The van der Waals surface area contributed by atoms with Crippen molar-refractivity contribution in [2.45, 2.75) is 60.0 Å². The molecular weight excluding hydrogens is 220 g/mol. The summed E-state index contributed by atoms with van der Waals surface area (Å²) >= 11 is 0. The molecule has 0 saturated carbocycles. The summed E-state index contributed by atoms with van der Waals surface area (Å²) in [5.41, 5.74) is -0.0624. The first-order valence-corrected chi connectivity index (χ1v) is 6.04. The van der Waals surface area contributed by atoms with Crippen molar-refractivity contribution in [1.29, 1.82) is 0 Å². The summed E-state index contributed by atoms with van der Waals surface area (Å²) in [6, 6.07) is 0. The number of carbonyl (C=O) groups is 2. The minimum Gasteiger partial charge on any atom is -0.466 e. The second kappa shape index (κ2) is 7.30. The molecule has 0 bridgehead atoms. The Hall–Kier alpha value is -1.06. The standard InChI is InChI=1S/C13H24O4/c1-10(14)16-9-7-6-8-12(13(3,4)5)17-11(2)15/h12H,6-9H2,1-5H3. The smallest absolute Gasteiger partial charge is 0.302 e. The summed E-state index contributed by atoms with van der Waals surface area (Å²) in [6.45, 7) is 9.41. The minimum atomic E-state index is -0.252. The highest BCUT2D eigenvalue weighted by Gasteiger charge is 2.26. The SMILES string of the molecule is CC(=O)OCCCCC(OC(C)=O)C(C)(C)C. The van der Waals surface area contributed by atoms with Crippen LogP contribution in [0.25, 0.3) is 0 Å². The maximum atomic E-state index is 11.0. The third-order valence-corrected chi connectivity index (χ3v) is 2.44. The molecule has 4 heteroatoms. The molecule has 0 aromatic heterocycles. The average molecular weight is 244 g/mol. The number of carbonyl (C=O) groups excluding carboxylic acids is 2. The summed E-state index contributed by atoms with van der Waals surface area (Å²) in [5, 5.41) is 0. The van der Waals surface area contributed by atoms with Crippen molar-refractivity contribution >= 4 is 11.9 Å². The fourth-order valence-electron chi connectivity index (χ4n) is 1.52. The van der Waals surface area contributed by atoms with Crippen molar-refractivity contribution in [3.63, 3.8) is 0 Å². The van der Waals surface area contributed by atoms with Crippen molar-refractivity contribution in [2.75, 3.05) is 6.61 Å². The van der Waals surface area contributed by atoms with Gasteiger partial charge in [0.1, 0.15) is 6.10 Å². The van der Waals surface area contributed by atoms with E-state index in [9.17, 15) is 9.59 Å². The number of esters is 2. The van der Waals surface area contributed by atoms with Crippen LogP contribution in [0.15, 0.2) is 0 Å². The van der Waals surface area contributed by atoms with Crippen LogP contribution < -0.4 is 0 Å². The normalized spacial score (nSPS) is 13.0. The molecule has 0 aliphatic carbocycles. The van der Waals surface area contributed by atoms with E-state index in [1.807, 2.05) is 20.8 Å². The molecule has 0 N–H and O–H groups in total. The van der Waals surface area contributed by atoms with Crippen LogP contribution in [-0.2, 0) is 19.1 Å². The van der Waals surface area contributed by atoms with Gasteiger partial charge < -0.3 is 9.47 Å². The van der Waals surface area contributed by atoms with Crippen LogP contribution in [0.5, 0.6) is 0 Å². The Labute approximate surface area is 104 Å². The summed E-state index contributed by atoms with van der Waals surface area (Å²) in [5.74, 6) is -0.498. The van der Waals surface area contributed by atoms with Crippen LogP contribution in [0.3, 0.4) is 0 Å². The maximum Gasteiger partial charge on any atom is 0.302 e. The minimum absolute atomic E-state index is 0.0624. The number of hydrogen-bond donors (Lipinski definition) is 0. The third-order valence-electron chi connectivity index (χ3n) is 2.44. The molecule has 0 amide bonds. The molecule has 0 heterocycles. The van der Waals surface area contributed by atoms with E-state index in [0.29, 0.717) is 6.61 Å². The number of rotatable bonds is 6. The zero-order valence-corrected chi connectivity index (χ0v) is 11.5. The van der Waals surface area contributed by atoms with Crippen molar-refractivity contribution in [1.82, 2.24) is 0 Å². The molecule has 0 aromatic carbocycles. The molecule has 0 aromatic rings. The highest BCUT2D eigenvalue weighted by molar-refractivity contribution is 5.66. The molecule has 17 heavy (non-hydrogen) atoms. The van der Waals surface area contributed by atoms with E-state index in [1.54, 1.807) is 0 Å². The molecule has 1 atom stereocenters. The van der Waals surface area contributed by atoms with Gasteiger partial charge in [0.2, 0.25) is 0 Å². The van der Waals surface area contributed by atoms with Gasteiger partial charge in [0, 0.05) is 13.8 Å². The van der Waals surface area contributed by atoms with Gasteiger partial charge in [-0.2, -0.15) is 0 Å². The van der Waals surface area contributed by atoms with Crippen LogP contribution in [-0.4, -0.2) is 24.6 Å². The first-order chi connectivity index (χ1) is 7.73. The van der Waals surface area contributed by atoms with E-state index in [4.69, 9.17) is 9.47 Å². The van der Waals surface area contributed by atoms with Gasteiger partial charge in [0.25, 0.3) is 0 Å². The molecule has 0 spiro atoms. The van der Waals surface area contributed by atoms with Gasteiger partial charge >= 0.3 is 11.9 Å². The number of ether oxygens (including phenoxy) is 2. The second-order valence-corrected chi connectivity index (χ2v) is 5.30. The summed E-state index contributed by atoms with van der Waals surface area (Å²) < 4.78 is 10.1. The Morgan fingerprint density at radius 3 is 2.06 bits per heavy atom. The molecule has 1 unspecified atom stereocenters. The molecule has 0 rings (SSSR count). The van der Waals surface area contributed by atoms with E-state index in [1.165, 1.54) is 13.8 Å². The first kappa shape index (κ1) is 15.9. The zero-order valence-electron chi connectivity index (χ0n) is 11.5. The summed E-state index contributed by atoms with van der Waals surface area (Å²) in [7, 11) is 0. The monoisotopic (exact) mass is 244 g/mol. The highest BCUT2D eigenvalue weighted by Crippen LogP contribution is 2.26. The van der Waals surface area contributed by atoms with E-state index < -0.39 is 0 Å². The van der Waals surface area contributed by atoms with Crippen LogP contribution >= 0.6 is 0 Å². The Morgan fingerprint density at radius 1 is 1.06 bits per heavy atom. The average Bonchev–Trinajstić information content (AvgIpc) is 2.12. The number of unbranched alkanes of at least 4 members (excludes halogenated alkanes) is 1. The highest BCUT2D eigenvalue weighted by atomic mass is 16.5. The molecular formula is C13H24O4. The van der Waals surface area contributed by atoms with E-state index in [-0.39, 0.29) is 23.5 Å². The van der Waals surface area contributed by atoms with Gasteiger partial charge in [-0.15, -0.1) is 0 Å². The lowest BCUT2D eigenvalue weighted by Gasteiger charge is -2.30. The maximum absolute atomic E-state index is 11.0. The molecule has 0 saturated heterocycles. The second-order valence-electron chi connectivity index (χ2n) is 5.30. The van der Waals surface area contributed by atoms with Crippen LogP contribution in [0.2, 0.25) is 0 Å². The topological polar surface area (TPSA) is 52.6 Å². The van der Waals surface area contributed by atoms with Gasteiger partial charge in [-0.1, -0.05) is 20.8 Å². The Kier molecular flexibility index (Phi) is 6.85. The van der Waals surface area contributed by atoms with Gasteiger partial charge in [0.15, 0.2) is 0 Å². The summed E-state index contributed by atoms with van der Waals surface area (Å²) in [6.07, 6.45) is 2.39. The van der Waals surface area contributed by atoms with Gasteiger partial charge in [-0.05, 0) is 24.7 Å². The summed E-state index contributed by atoms with van der Waals surface area (Å²) in [4.78, 5) is 21.5. The lowest BCUT2D eigenvalue weighted by molar-refractivity contribution is -0.152. The Morgan fingerprint density at radius 2 is 1.65 bits per heavy atom. The Bertz CT molecular complexity index is 253. The van der Waals surface area contributed by atoms with Crippen molar-refractivity contribution in [3.8, 4) is 0 Å². The van der Waals surface area contributed by atoms with E-state index in [2.05, 4.69) is 0 Å². The lowest BCUT2D eigenvalue weighted by Crippen LogP contribution is -2.31. The number of hydrogen-bond acceptors (Lipinski definition) is 4. The third kappa shape index (κ3) is 8.72. The lowest BCUT2D eigenvalue weighted by atomic mass is 9.86. The molecule has 0 aliphatic rings. The predicted octanol–water partition coefficient (Wildman–Crippen LogP) is 2.70. The van der Waals surface area contributed by atoms with Gasteiger partial charge in [-0.25, -0.2) is 0 Å². The van der Waals surface area contributed by atoms with Crippen molar-refractivity contribution in [2.24, 2.45) is 5.41 Å². The van der Waals surface area contributed by atoms with Crippen molar-refractivity contribution in [3.05, 3.63) is 0 Å².